The van der Waals surface area contributed by atoms with Crippen LogP contribution >= 0.6 is 0 Å². The Bertz CT molecular complexity index is 1160. The lowest BCUT2D eigenvalue weighted by molar-refractivity contribution is -0.151. The van der Waals surface area contributed by atoms with Crippen molar-refractivity contribution in [1.29, 1.82) is 0 Å². The number of nitrogens with zero attached hydrogens (tertiary/aromatic N) is 1. The Morgan fingerprint density at radius 1 is 0.514 bits per heavy atom. The first kappa shape index (κ1) is 70.4. The molecule has 0 spiro atoms. The van der Waals surface area contributed by atoms with Crippen molar-refractivity contribution in [3.05, 3.63) is 0 Å². The molecule has 4 atom stereocenters. The van der Waals surface area contributed by atoms with Crippen molar-refractivity contribution in [1.82, 2.24) is 4.90 Å². The lowest BCUT2D eigenvalue weighted by Gasteiger charge is -2.32. The first-order valence-corrected chi connectivity index (χ1v) is 30.9. The average Bonchev–Trinajstić information content (AvgIpc) is 4.23. The van der Waals surface area contributed by atoms with Gasteiger partial charge in [-0.2, -0.15) is 0 Å². The Morgan fingerprint density at radius 3 is 1.32 bits per heavy atom. The Morgan fingerprint density at radius 2 is 0.931 bits per heavy atom. The summed E-state index contributed by atoms with van der Waals surface area (Å²) in [7, 11) is 2.07. The number of Topliss-reactive ketones (excluding diaryl/α,β-unsaturated/α-hetero) is 2. The van der Waals surface area contributed by atoms with E-state index in [9.17, 15) is 14.4 Å². The van der Waals surface area contributed by atoms with Crippen molar-refractivity contribution >= 4 is 17.7 Å². The summed E-state index contributed by atoms with van der Waals surface area (Å²) >= 11 is 0. The van der Waals surface area contributed by atoms with Crippen molar-refractivity contribution in [2.24, 2.45) is 23.7 Å². The summed E-state index contributed by atoms with van der Waals surface area (Å²) in [5.41, 5.74) is 0. The van der Waals surface area contributed by atoms with E-state index in [2.05, 4.69) is 60.4 Å². The molecule has 10 heteroatoms. The van der Waals surface area contributed by atoms with Crippen LogP contribution in [0.3, 0.4) is 0 Å². The van der Waals surface area contributed by atoms with Crippen LogP contribution in [0.4, 0.5) is 4.79 Å². The molecule has 2 fully saturated rings. The van der Waals surface area contributed by atoms with Crippen LogP contribution in [0, 0.1) is 23.7 Å². The van der Waals surface area contributed by atoms with Gasteiger partial charge in [-0.15, -0.1) is 0 Å². The number of hydrogen-bond acceptors (Lipinski definition) is 10. The van der Waals surface area contributed by atoms with E-state index in [1.807, 2.05) is 6.92 Å². The van der Waals surface area contributed by atoms with Crippen molar-refractivity contribution in [3.8, 4) is 0 Å². The minimum Gasteiger partial charge on any atom is -0.434 e. The Labute approximate surface area is 446 Å². The van der Waals surface area contributed by atoms with Crippen LogP contribution in [0.5, 0.6) is 0 Å². The van der Waals surface area contributed by atoms with E-state index in [0.717, 1.165) is 103 Å². The highest BCUT2D eigenvalue weighted by Gasteiger charge is 2.38. The molecule has 4 unspecified atom stereocenters. The minimum absolute atomic E-state index is 0.0742. The van der Waals surface area contributed by atoms with Gasteiger partial charge in [0.2, 0.25) is 0 Å². The van der Waals surface area contributed by atoms with Crippen LogP contribution in [-0.2, 0) is 38.0 Å². The van der Waals surface area contributed by atoms with E-state index in [1.54, 1.807) is 6.92 Å². The molecule has 10 nitrogen and oxygen atoms in total. The van der Waals surface area contributed by atoms with Crippen LogP contribution < -0.4 is 0 Å². The van der Waals surface area contributed by atoms with Gasteiger partial charge in [0.1, 0.15) is 17.7 Å². The maximum atomic E-state index is 12.1. The topological polar surface area (TPSA) is 110 Å². The first-order valence-electron chi connectivity index (χ1n) is 30.9. The van der Waals surface area contributed by atoms with Gasteiger partial charge in [-0.05, 0) is 109 Å². The second-order valence-corrected chi connectivity index (χ2v) is 22.0. The van der Waals surface area contributed by atoms with Gasteiger partial charge in [0.15, 0.2) is 12.6 Å². The fourth-order valence-electron chi connectivity index (χ4n) is 9.33. The van der Waals surface area contributed by atoms with Gasteiger partial charge in [0, 0.05) is 64.6 Å². The molecular weight excluding hydrogens is 903 g/mol. The molecule has 0 aromatic heterocycles. The van der Waals surface area contributed by atoms with E-state index in [0.29, 0.717) is 44.0 Å². The summed E-state index contributed by atoms with van der Waals surface area (Å²) in [6.45, 7) is 24.5. The predicted octanol–water partition coefficient (Wildman–Crippen LogP) is 17.6. The molecule has 2 aliphatic rings. The van der Waals surface area contributed by atoms with E-state index in [-0.39, 0.29) is 30.4 Å². The lowest BCUT2D eigenvalue weighted by Crippen LogP contribution is -2.30. The summed E-state index contributed by atoms with van der Waals surface area (Å²) in [4.78, 5) is 37.3. The average molecular weight is 1020 g/mol. The van der Waals surface area contributed by atoms with Gasteiger partial charge in [-0.1, -0.05) is 184 Å². The summed E-state index contributed by atoms with van der Waals surface area (Å²) in [5.74, 6) is 3.05. The van der Waals surface area contributed by atoms with Crippen molar-refractivity contribution < 1.29 is 42.8 Å². The number of rotatable bonds is 47. The van der Waals surface area contributed by atoms with Crippen LogP contribution in [0.2, 0.25) is 0 Å². The second kappa shape index (κ2) is 51.5. The van der Waals surface area contributed by atoms with Gasteiger partial charge >= 0.3 is 6.16 Å². The maximum absolute atomic E-state index is 12.1. The van der Waals surface area contributed by atoms with Crippen LogP contribution in [0.15, 0.2) is 0 Å². The molecule has 72 heavy (non-hydrogen) atoms. The third-order valence-corrected chi connectivity index (χ3v) is 14.7. The molecule has 0 saturated heterocycles. The number of ketones is 2. The van der Waals surface area contributed by atoms with E-state index in [4.69, 9.17) is 28.4 Å². The SMILES string of the molecule is CCCCCCCCOC(CCC(=O)C(C)CC)OCCCCCCCC.CCCCCCCCOC(CCC(C)=O)OCCCCCCCC.CCN(C)CCCOC(=O)OC1CC(C)CC(C2CC2)C1. The standard InChI is InChI=1S/C24H48O3.C21H42O3.C17H31NO3/c1-5-8-10-12-14-16-20-26-24(19-18-23(25)22(4)7-3)27-21-17-15-13-11-9-6-2;1-4-6-8-10-12-14-18-23-21(17-16-20(3)22)24-19-15-13-11-9-7-5-2;1-4-18(3)8-5-9-20-17(19)21-16-11-13(2)10-15(12-16)14-6-7-14/h22,24H,5-21H2,1-4H3;21H,4-19H2,1-3H3;13-16H,4-12H2,1-3H3. The normalized spacial score (nSPS) is 17.1. The van der Waals surface area contributed by atoms with E-state index >= 15 is 0 Å². The fourth-order valence-corrected chi connectivity index (χ4v) is 9.33. The quantitative estimate of drug-likeness (QED) is 0.0332. The number of carbonyl (C=O) groups excluding carboxylic acids is 3. The van der Waals surface area contributed by atoms with Crippen LogP contribution in [0.1, 0.15) is 287 Å². The Balaban J connectivity index is 0.00000106. The molecule has 0 heterocycles. The number of ether oxygens (including phenoxy) is 6. The summed E-state index contributed by atoms with van der Waals surface area (Å²) < 4.78 is 34.4. The molecule has 2 aliphatic carbocycles. The molecule has 0 bridgehead atoms. The third kappa shape index (κ3) is 45.8. The molecule has 428 valence electrons. The lowest BCUT2D eigenvalue weighted by atomic mass is 9.78. The fraction of sp³-hybridized carbons (Fsp3) is 0.952. The van der Waals surface area contributed by atoms with Gasteiger partial charge < -0.3 is 38.1 Å². The van der Waals surface area contributed by atoms with Crippen molar-refractivity contribution in [3.63, 3.8) is 0 Å². The van der Waals surface area contributed by atoms with Crippen molar-refractivity contribution in [2.75, 3.05) is 53.2 Å². The van der Waals surface area contributed by atoms with Crippen molar-refractivity contribution in [2.45, 2.75) is 306 Å². The largest absolute Gasteiger partial charge is 0.508 e. The van der Waals surface area contributed by atoms with E-state index < -0.39 is 6.16 Å². The monoisotopic (exact) mass is 1020 g/mol. The zero-order valence-corrected chi connectivity index (χ0v) is 49.4. The second-order valence-electron chi connectivity index (χ2n) is 22.0. The Hall–Kier alpha value is -1.59. The highest BCUT2D eigenvalue weighted by molar-refractivity contribution is 5.80. The molecule has 0 N–H and O–H groups in total. The Kier molecular flexibility index (Phi) is 50.4. The van der Waals surface area contributed by atoms with Gasteiger partial charge in [0.05, 0.1) is 6.61 Å². The summed E-state index contributed by atoms with van der Waals surface area (Å²) in [5, 5.41) is 0. The van der Waals surface area contributed by atoms with Gasteiger partial charge in [0.25, 0.3) is 0 Å². The maximum Gasteiger partial charge on any atom is 0.508 e. The molecular formula is C62H121NO9. The zero-order chi connectivity index (χ0) is 53.3. The number of carbonyl (C=O) groups is 3. The molecule has 2 rings (SSSR count). The molecule has 0 aromatic rings. The minimum atomic E-state index is -0.470. The van der Waals surface area contributed by atoms with Crippen LogP contribution in [-0.4, -0.2) is 94.5 Å². The van der Waals surface area contributed by atoms with Crippen LogP contribution in [0.25, 0.3) is 0 Å². The summed E-state index contributed by atoms with van der Waals surface area (Å²) in [6, 6.07) is 0. The van der Waals surface area contributed by atoms with Gasteiger partial charge in [-0.3, -0.25) is 4.79 Å². The smallest absolute Gasteiger partial charge is 0.434 e. The first-order chi connectivity index (χ1) is 34.9. The molecule has 0 amide bonds. The number of hydrogen-bond donors (Lipinski definition) is 0. The summed E-state index contributed by atoms with van der Waals surface area (Å²) in [6.07, 6.45) is 40.0. The van der Waals surface area contributed by atoms with E-state index in [1.165, 1.54) is 148 Å². The molecule has 0 radical (unpaired) electrons. The molecule has 0 aliphatic heterocycles. The predicted molar refractivity (Wildman–Crippen MR) is 302 cm³/mol. The van der Waals surface area contributed by atoms with Gasteiger partial charge in [-0.25, -0.2) is 4.79 Å². The third-order valence-electron chi connectivity index (χ3n) is 14.7. The molecule has 2 saturated carbocycles. The zero-order valence-electron chi connectivity index (χ0n) is 49.4. The number of unbranched alkanes of at least 4 members (excludes halogenated alkanes) is 20. The highest BCUT2D eigenvalue weighted by Crippen LogP contribution is 2.46. The highest BCUT2D eigenvalue weighted by atomic mass is 16.7. The molecule has 0 aromatic carbocycles.